The number of hydrogen-bond acceptors (Lipinski definition) is 2. The quantitative estimate of drug-likeness (QED) is 0.775. The average molecular weight is 241 g/mol. The zero-order valence-corrected chi connectivity index (χ0v) is 9.85. The predicted molar refractivity (Wildman–Crippen MR) is 60.6 cm³/mol. The summed E-state index contributed by atoms with van der Waals surface area (Å²) >= 11 is 0. The van der Waals surface area contributed by atoms with Gasteiger partial charge < -0.3 is 5.11 Å². The summed E-state index contributed by atoms with van der Waals surface area (Å²) in [6, 6.07) is 9.31. The van der Waals surface area contributed by atoms with Crippen molar-refractivity contribution in [1.29, 1.82) is 0 Å². The van der Waals surface area contributed by atoms with Crippen LogP contribution in [0.5, 0.6) is 0 Å². The molecule has 1 aromatic carbocycles. The number of aliphatic carboxylic acids is 1. The highest BCUT2D eigenvalue weighted by molar-refractivity contribution is 7.41. The molecule has 0 aliphatic rings. The summed E-state index contributed by atoms with van der Waals surface area (Å²) in [7, 11) is -2.73. The van der Waals surface area contributed by atoms with Crippen LogP contribution < -0.4 is 0 Å². The molecule has 0 aliphatic heterocycles. The fourth-order valence-corrected chi connectivity index (χ4v) is 1.78. The van der Waals surface area contributed by atoms with Crippen molar-refractivity contribution in [3.63, 3.8) is 0 Å². The third-order valence-corrected chi connectivity index (χ3v) is 3.89. The second-order valence-corrected chi connectivity index (χ2v) is 5.37. The number of carboxylic acids is 1. The van der Waals surface area contributed by atoms with Crippen molar-refractivity contribution >= 4 is 14.0 Å². The van der Waals surface area contributed by atoms with E-state index in [1.54, 1.807) is 0 Å². The highest BCUT2D eigenvalue weighted by Crippen LogP contribution is 2.39. The number of carboxylic acid groups (broad SMARTS) is 1. The van der Waals surface area contributed by atoms with Gasteiger partial charge in [0.15, 0.2) is 0 Å². The first kappa shape index (κ1) is 12.8. The molecule has 0 heterocycles. The topological polar surface area (TPSA) is 74.6 Å². The maximum Gasteiger partial charge on any atom is 0.523 e. The molecule has 5 heteroatoms. The van der Waals surface area contributed by atoms with Gasteiger partial charge in [-0.2, -0.15) is 4.89 Å². The lowest BCUT2D eigenvalue weighted by atomic mass is 10.0. The molecule has 1 rings (SSSR count). The van der Waals surface area contributed by atoms with Crippen LogP contribution in [0.3, 0.4) is 0 Å². The van der Waals surface area contributed by atoms with Crippen LogP contribution in [-0.2, 0) is 15.8 Å². The standard InChI is InChI=1S/C11H13O4P/c1-11(10(12)13,16(14)15)8-7-9-5-3-2-4-6-9/h2-6H,7-8H2,1H3,(H-,12,13,14,15)/p+1. The van der Waals surface area contributed by atoms with Gasteiger partial charge in [0.25, 0.3) is 5.16 Å². The Kier molecular flexibility index (Phi) is 4.16. The molecule has 0 bridgehead atoms. The predicted octanol–water partition coefficient (Wildman–Crippen LogP) is 2.20. The van der Waals surface area contributed by atoms with Gasteiger partial charge in [0.1, 0.15) is 0 Å². The highest BCUT2D eigenvalue weighted by atomic mass is 31.1. The van der Waals surface area contributed by atoms with Gasteiger partial charge in [-0.05, 0) is 23.5 Å². The Labute approximate surface area is 94.8 Å². The lowest BCUT2D eigenvalue weighted by Crippen LogP contribution is -2.31. The van der Waals surface area contributed by atoms with Crippen molar-refractivity contribution < 1.29 is 19.4 Å². The summed E-state index contributed by atoms with van der Waals surface area (Å²) in [5, 5.41) is 7.37. The fourth-order valence-electron chi connectivity index (χ4n) is 1.32. The first-order chi connectivity index (χ1) is 7.47. The van der Waals surface area contributed by atoms with E-state index in [2.05, 4.69) is 0 Å². The fraction of sp³-hybridized carbons (Fsp3) is 0.364. The second-order valence-electron chi connectivity index (χ2n) is 3.84. The molecular formula is C11H14O4P+. The Balaban J connectivity index is 2.72. The van der Waals surface area contributed by atoms with Crippen LogP contribution in [0.25, 0.3) is 0 Å². The SMILES string of the molecule is CC(CCc1ccccc1)(C(=O)O)[P+](=O)O. The molecule has 0 spiro atoms. The number of carbonyl (C=O) groups is 1. The maximum atomic E-state index is 11.1. The smallest absolute Gasteiger partial charge is 0.478 e. The number of rotatable bonds is 5. The van der Waals surface area contributed by atoms with Crippen LogP contribution in [0.2, 0.25) is 0 Å². The summed E-state index contributed by atoms with van der Waals surface area (Å²) < 4.78 is 11.1. The van der Waals surface area contributed by atoms with Crippen LogP contribution in [0.4, 0.5) is 0 Å². The van der Waals surface area contributed by atoms with E-state index in [-0.39, 0.29) is 6.42 Å². The van der Waals surface area contributed by atoms with Gasteiger partial charge in [0.2, 0.25) is 0 Å². The van der Waals surface area contributed by atoms with Crippen molar-refractivity contribution in [2.24, 2.45) is 0 Å². The van der Waals surface area contributed by atoms with Gasteiger partial charge in [0.05, 0.1) is 0 Å². The minimum Gasteiger partial charge on any atom is -0.478 e. The molecule has 0 fully saturated rings. The van der Waals surface area contributed by atoms with Crippen molar-refractivity contribution in [2.45, 2.75) is 24.9 Å². The summed E-state index contributed by atoms with van der Waals surface area (Å²) in [5.41, 5.74) is 0.965. The van der Waals surface area contributed by atoms with Gasteiger partial charge in [-0.15, -0.1) is 0 Å². The number of benzene rings is 1. The molecular weight excluding hydrogens is 227 g/mol. The molecule has 4 nitrogen and oxygen atoms in total. The number of aryl methyl sites for hydroxylation is 1. The van der Waals surface area contributed by atoms with E-state index in [1.165, 1.54) is 6.92 Å². The Morgan fingerprint density at radius 1 is 1.38 bits per heavy atom. The van der Waals surface area contributed by atoms with Crippen LogP contribution in [0.15, 0.2) is 30.3 Å². The van der Waals surface area contributed by atoms with Crippen LogP contribution in [0.1, 0.15) is 18.9 Å². The van der Waals surface area contributed by atoms with Gasteiger partial charge >= 0.3 is 14.0 Å². The molecule has 0 aromatic heterocycles. The van der Waals surface area contributed by atoms with Gasteiger partial charge in [0, 0.05) is 6.42 Å². The molecule has 0 saturated carbocycles. The van der Waals surface area contributed by atoms with Crippen molar-refractivity contribution in [3.05, 3.63) is 35.9 Å². The van der Waals surface area contributed by atoms with Gasteiger partial charge in [-0.1, -0.05) is 30.3 Å². The van der Waals surface area contributed by atoms with Crippen molar-refractivity contribution in [3.8, 4) is 0 Å². The number of hydrogen-bond donors (Lipinski definition) is 2. The molecule has 0 saturated heterocycles. The van der Waals surface area contributed by atoms with Gasteiger partial charge in [-0.25, -0.2) is 4.79 Å². The van der Waals surface area contributed by atoms with E-state index < -0.39 is 19.2 Å². The Hall–Kier alpha value is -1.25. The lowest BCUT2D eigenvalue weighted by Gasteiger charge is -2.10. The summed E-state index contributed by atoms with van der Waals surface area (Å²) in [4.78, 5) is 20.0. The molecule has 16 heavy (non-hydrogen) atoms. The van der Waals surface area contributed by atoms with E-state index in [0.717, 1.165) is 5.56 Å². The van der Waals surface area contributed by atoms with Crippen molar-refractivity contribution in [1.82, 2.24) is 0 Å². The molecule has 2 atom stereocenters. The molecule has 1 aromatic rings. The van der Waals surface area contributed by atoms with E-state index >= 15 is 0 Å². The molecule has 2 N–H and O–H groups in total. The summed E-state index contributed by atoms with van der Waals surface area (Å²) in [5.74, 6) is -1.23. The summed E-state index contributed by atoms with van der Waals surface area (Å²) in [6.07, 6.45) is 0.628. The highest BCUT2D eigenvalue weighted by Gasteiger charge is 2.51. The van der Waals surface area contributed by atoms with Crippen LogP contribution in [-0.4, -0.2) is 21.1 Å². The van der Waals surface area contributed by atoms with Crippen LogP contribution >= 0.6 is 8.03 Å². The largest absolute Gasteiger partial charge is 0.523 e. The zero-order valence-electron chi connectivity index (χ0n) is 8.96. The first-order valence-corrected chi connectivity index (χ1v) is 6.11. The average Bonchev–Trinajstić information content (AvgIpc) is 2.26. The molecule has 0 amide bonds. The first-order valence-electron chi connectivity index (χ1n) is 4.90. The van der Waals surface area contributed by atoms with Crippen molar-refractivity contribution in [2.75, 3.05) is 0 Å². The molecule has 86 valence electrons. The minimum atomic E-state index is -2.73. The minimum absolute atomic E-state index is 0.151. The van der Waals surface area contributed by atoms with E-state index in [1.807, 2.05) is 30.3 Å². The Morgan fingerprint density at radius 2 is 1.94 bits per heavy atom. The normalized spacial score (nSPS) is 15.2. The lowest BCUT2D eigenvalue weighted by molar-refractivity contribution is -0.140. The van der Waals surface area contributed by atoms with Gasteiger partial charge in [-0.3, -0.25) is 0 Å². The zero-order chi connectivity index (χ0) is 12.2. The third-order valence-electron chi connectivity index (χ3n) is 2.63. The van der Waals surface area contributed by atoms with Crippen LogP contribution in [0, 0.1) is 0 Å². The maximum absolute atomic E-state index is 11.1. The van der Waals surface area contributed by atoms with E-state index in [9.17, 15) is 9.36 Å². The molecule has 2 unspecified atom stereocenters. The Bertz CT molecular complexity index is 374. The third kappa shape index (κ3) is 2.87. The Morgan fingerprint density at radius 3 is 2.38 bits per heavy atom. The second kappa shape index (κ2) is 5.19. The van der Waals surface area contributed by atoms with E-state index in [4.69, 9.17) is 10.00 Å². The van der Waals surface area contributed by atoms with E-state index in [0.29, 0.717) is 6.42 Å². The monoisotopic (exact) mass is 241 g/mol. The molecule has 0 radical (unpaired) electrons. The summed E-state index contributed by atoms with van der Waals surface area (Å²) in [6.45, 7) is 1.30. The molecule has 0 aliphatic carbocycles.